The number of benzene rings is 1. The Morgan fingerprint density at radius 1 is 1.37 bits per heavy atom. The van der Waals surface area contributed by atoms with E-state index in [1.54, 1.807) is 0 Å². The number of allylic oxidation sites excluding steroid dienone is 4. The fraction of sp³-hybridized carbons (Fsp3) is 0.294. The molecule has 2 rings (SSSR count). The Balaban J connectivity index is 2.50. The Hall–Kier alpha value is -2.17. The van der Waals surface area contributed by atoms with Crippen molar-refractivity contribution in [3.63, 3.8) is 0 Å². The largest absolute Gasteiger partial charge is 0.458 e. The minimum Gasteiger partial charge on any atom is -0.458 e. The second-order valence-corrected chi connectivity index (χ2v) is 7.69. The highest BCUT2D eigenvalue weighted by Gasteiger charge is 2.50. The predicted octanol–water partition coefficient (Wildman–Crippen LogP) is 3.44. The van der Waals surface area contributed by atoms with Crippen LogP contribution in [-0.4, -0.2) is 26.5 Å². The third-order valence-corrected chi connectivity index (χ3v) is 5.27. The van der Waals surface area contributed by atoms with Gasteiger partial charge in [-0.15, -0.1) is 0 Å². The first-order valence-corrected chi connectivity index (χ1v) is 9.10. The molecule has 1 aliphatic carbocycles. The SMILES string of the molecule is C=C(/C=C(F)\C=C(/C)F)Oc1ccc(S(=O)(=O)NC)c2c1CC(F)(F)[C@H]2O. The lowest BCUT2D eigenvalue weighted by Gasteiger charge is -2.16. The third-order valence-electron chi connectivity index (χ3n) is 3.79. The van der Waals surface area contributed by atoms with Crippen molar-refractivity contribution in [2.75, 3.05) is 7.05 Å². The van der Waals surface area contributed by atoms with Gasteiger partial charge in [0.05, 0.1) is 10.7 Å². The molecule has 1 aromatic rings. The van der Waals surface area contributed by atoms with Crippen LogP contribution in [0.3, 0.4) is 0 Å². The summed E-state index contributed by atoms with van der Waals surface area (Å²) in [6.45, 7) is 4.42. The fourth-order valence-corrected chi connectivity index (χ4v) is 3.64. The molecule has 0 bridgehead atoms. The Morgan fingerprint density at radius 2 is 2.00 bits per heavy atom. The Bertz CT molecular complexity index is 934. The maximum atomic E-state index is 14.0. The van der Waals surface area contributed by atoms with E-state index >= 15 is 0 Å². The molecule has 5 nitrogen and oxygen atoms in total. The van der Waals surface area contributed by atoms with E-state index in [0.717, 1.165) is 32.2 Å². The van der Waals surface area contributed by atoms with Crippen LogP contribution >= 0.6 is 0 Å². The minimum atomic E-state index is -4.13. The van der Waals surface area contributed by atoms with Gasteiger partial charge in [0.15, 0.2) is 0 Å². The van der Waals surface area contributed by atoms with Crippen molar-refractivity contribution in [1.29, 1.82) is 0 Å². The standard InChI is InChI=1S/C17H17F4NO4S/c1-9(18)6-11(19)7-10(2)26-13-4-5-14(27(24,25)22-3)15-12(13)8-17(20,21)16(15)23/h4-7,16,22-23H,2,8H2,1,3H3/b9-6+,11-7+/t16-/m0/s1. The van der Waals surface area contributed by atoms with Crippen LogP contribution < -0.4 is 9.46 Å². The number of hydrogen-bond donors (Lipinski definition) is 2. The molecule has 27 heavy (non-hydrogen) atoms. The van der Waals surface area contributed by atoms with Gasteiger partial charge in [-0.3, -0.25) is 0 Å². The molecule has 0 spiro atoms. The van der Waals surface area contributed by atoms with E-state index in [4.69, 9.17) is 4.74 Å². The molecular formula is C17H17F4NO4S. The summed E-state index contributed by atoms with van der Waals surface area (Å²) < 4.78 is 85.5. The van der Waals surface area contributed by atoms with Gasteiger partial charge in [0.1, 0.15) is 23.4 Å². The van der Waals surface area contributed by atoms with Gasteiger partial charge in [-0.25, -0.2) is 30.7 Å². The summed E-state index contributed by atoms with van der Waals surface area (Å²) in [4.78, 5) is -0.514. The van der Waals surface area contributed by atoms with Crippen molar-refractivity contribution in [3.8, 4) is 5.75 Å². The fourth-order valence-electron chi connectivity index (χ4n) is 2.64. The quantitative estimate of drug-likeness (QED) is 0.430. The number of ether oxygens (including phenoxy) is 1. The van der Waals surface area contributed by atoms with Crippen LogP contribution in [-0.2, 0) is 16.4 Å². The van der Waals surface area contributed by atoms with Crippen LogP contribution in [0.2, 0.25) is 0 Å². The molecule has 0 unspecified atom stereocenters. The molecule has 2 N–H and O–H groups in total. The second-order valence-electron chi connectivity index (χ2n) is 5.83. The monoisotopic (exact) mass is 407 g/mol. The van der Waals surface area contributed by atoms with Crippen LogP contribution in [0.4, 0.5) is 17.6 Å². The van der Waals surface area contributed by atoms with Crippen molar-refractivity contribution in [3.05, 3.63) is 59.4 Å². The van der Waals surface area contributed by atoms with Crippen LogP contribution in [0.1, 0.15) is 24.2 Å². The molecule has 0 aliphatic heterocycles. The van der Waals surface area contributed by atoms with Crippen molar-refractivity contribution < 1.29 is 35.8 Å². The van der Waals surface area contributed by atoms with Gasteiger partial charge < -0.3 is 9.84 Å². The highest BCUT2D eigenvalue weighted by Crippen LogP contribution is 2.49. The van der Waals surface area contributed by atoms with E-state index in [0.29, 0.717) is 6.08 Å². The molecule has 0 saturated carbocycles. The molecule has 0 aromatic heterocycles. The molecule has 0 saturated heterocycles. The first kappa shape index (κ1) is 21.1. The van der Waals surface area contributed by atoms with E-state index in [-0.39, 0.29) is 17.1 Å². The molecule has 0 fully saturated rings. The lowest BCUT2D eigenvalue weighted by atomic mass is 10.1. The number of nitrogens with one attached hydrogen (secondary N) is 1. The third kappa shape index (κ3) is 4.40. The molecule has 0 radical (unpaired) electrons. The van der Waals surface area contributed by atoms with Gasteiger partial charge in [0.2, 0.25) is 10.0 Å². The molecule has 1 aliphatic rings. The molecule has 148 valence electrons. The van der Waals surface area contributed by atoms with E-state index in [9.17, 15) is 31.1 Å². The summed E-state index contributed by atoms with van der Waals surface area (Å²) in [5.41, 5.74) is -0.736. The number of sulfonamides is 1. The van der Waals surface area contributed by atoms with Crippen molar-refractivity contribution in [2.45, 2.75) is 30.3 Å². The number of halogens is 4. The summed E-state index contributed by atoms with van der Waals surface area (Å²) in [6, 6.07) is 2.09. The maximum absolute atomic E-state index is 14.0. The zero-order valence-electron chi connectivity index (χ0n) is 14.4. The zero-order chi connectivity index (χ0) is 20.6. The first-order valence-electron chi connectivity index (χ1n) is 7.62. The second kappa shape index (κ2) is 7.45. The van der Waals surface area contributed by atoms with E-state index in [1.165, 1.54) is 0 Å². The predicted molar refractivity (Wildman–Crippen MR) is 90.1 cm³/mol. The highest BCUT2D eigenvalue weighted by molar-refractivity contribution is 7.89. The normalized spacial score (nSPS) is 19.7. The van der Waals surface area contributed by atoms with E-state index < -0.39 is 50.6 Å². The van der Waals surface area contributed by atoms with E-state index in [2.05, 4.69) is 6.58 Å². The molecule has 0 heterocycles. The number of alkyl halides is 2. The topological polar surface area (TPSA) is 75.6 Å². The number of fused-ring (bicyclic) bond motifs is 1. The van der Waals surface area contributed by atoms with Crippen molar-refractivity contribution in [2.24, 2.45) is 0 Å². The van der Waals surface area contributed by atoms with Gasteiger partial charge in [0.25, 0.3) is 5.92 Å². The van der Waals surface area contributed by atoms with Gasteiger partial charge in [0, 0.05) is 29.7 Å². The maximum Gasteiger partial charge on any atom is 0.281 e. The molecule has 0 amide bonds. The van der Waals surface area contributed by atoms with Crippen LogP contribution in [0.15, 0.2) is 53.2 Å². The summed E-state index contributed by atoms with van der Waals surface area (Å²) in [5.74, 6) is -5.98. The molecule has 1 aromatic carbocycles. The number of aliphatic hydroxyl groups excluding tert-OH is 1. The lowest BCUT2D eigenvalue weighted by molar-refractivity contribution is -0.0976. The first-order chi connectivity index (χ1) is 12.4. The average molecular weight is 407 g/mol. The van der Waals surface area contributed by atoms with Crippen molar-refractivity contribution in [1.82, 2.24) is 4.72 Å². The van der Waals surface area contributed by atoms with Crippen LogP contribution in [0, 0.1) is 0 Å². The number of hydrogen-bond acceptors (Lipinski definition) is 4. The summed E-state index contributed by atoms with van der Waals surface area (Å²) in [7, 11) is -3.03. The van der Waals surface area contributed by atoms with Gasteiger partial charge in [-0.05, 0) is 26.1 Å². The minimum absolute atomic E-state index is 0.216. The Kier molecular flexibility index (Phi) is 5.83. The van der Waals surface area contributed by atoms with E-state index in [1.807, 2.05) is 4.72 Å². The smallest absolute Gasteiger partial charge is 0.281 e. The molecular weight excluding hydrogens is 390 g/mol. The Morgan fingerprint density at radius 3 is 2.56 bits per heavy atom. The summed E-state index contributed by atoms with van der Waals surface area (Å²) >= 11 is 0. The van der Waals surface area contributed by atoms with Gasteiger partial charge in [-0.2, -0.15) is 0 Å². The van der Waals surface area contributed by atoms with Crippen LogP contribution in [0.5, 0.6) is 5.75 Å². The Labute approximate surface area is 153 Å². The summed E-state index contributed by atoms with van der Waals surface area (Å²) in [5, 5.41) is 9.91. The van der Waals surface area contributed by atoms with Crippen molar-refractivity contribution >= 4 is 10.0 Å². The zero-order valence-corrected chi connectivity index (χ0v) is 15.2. The van der Waals surface area contributed by atoms with Crippen LogP contribution in [0.25, 0.3) is 0 Å². The lowest BCUT2D eigenvalue weighted by Crippen LogP contribution is -2.24. The number of rotatable bonds is 6. The molecule has 10 heteroatoms. The van der Waals surface area contributed by atoms with Gasteiger partial charge in [-0.1, -0.05) is 6.58 Å². The molecule has 1 atom stereocenters. The highest BCUT2D eigenvalue weighted by atomic mass is 32.2. The van der Waals surface area contributed by atoms with Gasteiger partial charge >= 0.3 is 0 Å². The average Bonchev–Trinajstić information content (AvgIpc) is 2.77. The number of aliphatic hydroxyl groups is 1. The summed E-state index contributed by atoms with van der Waals surface area (Å²) in [6.07, 6.45) is -2.03.